The fourth-order valence-corrected chi connectivity index (χ4v) is 2.47. The summed E-state index contributed by atoms with van der Waals surface area (Å²) in [5.41, 5.74) is 1.84. The molecule has 2 aromatic rings. The van der Waals surface area contributed by atoms with E-state index in [4.69, 9.17) is 16.3 Å². The molecule has 0 spiro atoms. The molecule has 0 bridgehead atoms. The molecule has 1 fully saturated rings. The normalized spacial score (nSPS) is 18.1. The maximum Gasteiger partial charge on any atom is 0.224 e. The Morgan fingerprint density at radius 3 is 2.85 bits per heavy atom. The largest absolute Gasteiger partial charge is 0.376 e. The van der Waals surface area contributed by atoms with Crippen LogP contribution in [0.1, 0.15) is 12.8 Å². The highest BCUT2D eigenvalue weighted by Crippen LogP contribution is 2.21. The van der Waals surface area contributed by atoms with Gasteiger partial charge in [-0.1, -0.05) is 30.3 Å². The third-order valence-electron chi connectivity index (χ3n) is 3.30. The van der Waals surface area contributed by atoms with Crippen molar-refractivity contribution in [1.82, 2.24) is 9.97 Å². The van der Waals surface area contributed by atoms with Gasteiger partial charge in [0.05, 0.1) is 11.8 Å². The molecule has 1 aliphatic heterocycles. The molecule has 1 aromatic heterocycles. The number of halogens is 1. The molecule has 20 heavy (non-hydrogen) atoms. The van der Waals surface area contributed by atoms with Gasteiger partial charge >= 0.3 is 0 Å². The Kier molecular flexibility index (Phi) is 4.14. The summed E-state index contributed by atoms with van der Waals surface area (Å²) >= 11 is 6.00. The second kappa shape index (κ2) is 6.20. The molecule has 0 aliphatic carbocycles. The van der Waals surface area contributed by atoms with Gasteiger partial charge in [-0.15, -0.1) is 0 Å². The highest BCUT2D eigenvalue weighted by molar-refractivity contribution is 6.28. The fraction of sp³-hybridized carbons (Fsp3) is 0.333. The minimum Gasteiger partial charge on any atom is -0.376 e. The standard InChI is InChI=1S/C15H16ClN3O/c16-15-18-13(11-5-2-1-3-6-11)9-14(19-15)17-10-12-7-4-8-20-12/h1-3,5-6,9,12H,4,7-8,10H2,(H,17,18,19). The number of anilines is 1. The lowest BCUT2D eigenvalue weighted by Crippen LogP contribution is -2.19. The highest BCUT2D eigenvalue weighted by Gasteiger charge is 2.15. The Bertz CT molecular complexity index is 571. The van der Waals surface area contributed by atoms with Gasteiger partial charge in [0.2, 0.25) is 5.28 Å². The number of nitrogens with zero attached hydrogens (tertiary/aromatic N) is 2. The smallest absolute Gasteiger partial charge is 0.224 e. The Morgan fingerprint density at radius 2 is 2.10 bits per heavy atom. The Morgan fingerprint density at radius 1 is 1.25 bits per heavy atom. The molecule has 0 amide bonds. The minimum atomic E-state index is 0.251. The predicted molar refractivity (Wildman–Crippen MR) is 79.9 cm³/mol. The van der Waals surface area contributed by atoms with Crippen molar-refractivity contribution in [2.75, 3.05) is 18.5 Å². The summed E-state index contributed by atoms with van der Waals surface area (Å²) in [5.74, 6) is 0.736. The summed E-state index contributed by atoms with van der Waals surface area (Å²) < 4.78 is 5.58. The van der Waals surface area contributed by atoms with Gasteiger partial charge < -0.3 is 10.1 Å². The molecule has 104 valence electrons. The lowest BCUT2D eigenvalue weighted by atomic mass is 10.1. The van der Waals surface area contributed by atoms with Gasteiger partial charge in [-0.25, -0.2) is 9.97 Å². The van der Waals surface area contributed by atoms with Crippen LogP contribution in [0.5, 0.6) is 0 Å². The van der Waals surface area contributed by atoms with E-state index in [0.717, 1.165) is 43.1 Å². The highest BCUT2D eigenvalue weighted by atomic mass is 35.5. The van der Waals surface area contributed by atoms with Crippen LogP contribution in [0.3, 0.4) is 0 Å². The maximum atomic E-state index is 6.00. The van der Waals surface area contributed by atoms with Crippen molar-refractivity contribution in [1.29, 1.82) is 0 Å². The van der Waals surface area contributed by atoms with Crippen molar-refractivity contribution < 1.29 is 4.74 Å². The van der Waals surface area contributed by atoms with E-state index in [9.17, 15) is 0 Å². The lowest BCUT2D eigenvalue weighted by molar-refractivity contribution is 0.120. The van der Waals surface area contributed by atoms with E-state index >= 15 is 0 Å². The third kappa shape index (κ3) is 3.26. The van der Waals surface area contributed by atoms with Gasteiger partial charge in [0.25, 0.3) is 0 Å². The SMILES string of the molecule is Clc1nc(NCC2CCCO2)cc(-c2ccccc2)n1. The topological polar surface area (TPSA) is 47.0 Å². The number of hydrogen-bond donors (Lipinski definition) is 1. The summed E-state index contributed by atoms with van der Waals surface area (Å²) in [7, 11) is 0. The summed E-state index contributed by atoms with van der Waals surface area (Å²) in [6.45, 7) is 1.60. The Hall–Kier alpha value is -1.65. The van der Waals surface area contributed by atoms with Gasteiger partial charge in [-0.3, -0.25) is 0 Å². The molecule has 2 heterocycles. The maximum absolute atomic E-state index is 6.00. The molecule has 5 heteroatoms. The van der Waals surface area contributed by atoms with E-state index in [-0.39, 0.29) is 11.4 Å². The number of hydrogen-bond acceptors (Lipinski definition) is 4. The molecule has 1 saturated heterocycles. The number of aromatic nitrogens is 2. The van der Waals surface area contributed by atoms with Crippen LogP contribution in [0.25, 0.3) is 11.3 Å². The average molecular weight is 290 g/mol. The van der Waals surface area contributed by atoms with Crippen molar-refractivity contribution in [3.05, 3.63) is 41.7 Å². The molecule has 4 nitrogen and oxygen atoms in total. The number of nitrogens with one attached hydrogen (secondary N) is 1. The average Bonchev–Trinajstić information content (AvgIpc) is 2.99. The zero-order chi connectivity index (χ0) is 13.8. The number of rotatable bonds is 4. The van der Waals surface area contributed by atoms with Gasteiger partial charge in [-0.2, -0.15) is 0 Å². The summed E-state index contributed by atoms with van der Waals surface area (Å²) in [5, 5.41) is 3.53. The summed E-state index contributed by atoms with van der Waals surface area (Å²) in [4.78, 5) is 8.47. The molecule has 1 N–H and O–H groups in total. The first-order valence-electron chi connectivity index (χ1n) is 6.77. The van der Waals surface area contributed by atoms with Crippen LogP contribution in [0.15, 0.2) is 36.4 Å². The number of ether oxygens (including phenoxy) is 1. The molecular weight excluding hydrogens is 274 g/mol. The molecular formula is C15H16ClN3O. The lowest BCUT2D eigenvalue weighted by Gasteiger charge is -2.12. The van der Waals surface area contributed by atoms with E-state index in [2.05, 4.69) is 15.3 Å². The minimum absolute atomic E-state index is 0.251. The molecule has 0 saturated carbocycles. The van der Waals surface area contributed by atoms with Crippen molar-refractivity contribution in [3.63, 3.8) is 0 Å². The van der Waals surface area contributed by atoms with E-state index in [1.54, 1.807) is 0 Å². The van der Waals surface area contributed by atoms with E-state index in [1.165, 1.54) is 0 Å². The molecule has 1 atom stereocenters. The first kappa shape index (κ1) is 13.3. The van der Waals surface area contributed by atoms with E-state index < -0.39 is 0 Å². The van der Waals surface area contributed by atoms with Crippen molar-refractivity contribution in [2.45, 2.75) is 18.9 Å². The molecule has 0 radical (unpaired) electrons. The van der Waals surface area contributed by atoms with Crippen LogP contribution < -0.4 is 5.32 Å². The van der Waals surface area contributed by atoms with Crippen LogP contribution in [0, 0.1) is 0 Å². The van der Waals surface area contributed by atoms with Crippen molar-refractivity contribution >= 4 is 17.4 Å². The van der Waals surface area contributed by atoms with Gasteiger partial charge in [0.15, 0.2) is 0 Å². The zero-order valence-electron chi connectivity index (χ0n) is 11.1. The molecule has 1 aromatic carbocycles. The third-order valence-corrected chi connectivity index (χ3v) is 3.47. The first-order chi connectivity index (χ1) is 9.81. The zero-order valence-corrected chi connectivity index (χ0v) is 11.8. The van der Waals surface area contributed by atoms with Crippen LogP contribution >= 0.6 is 11.6 Å². The quantitative estimate of drug-likeness (QED) is 0.877. The van der Waals surface area contributed by atoms with Crippen LogP contribution in [-0.4, -0.2) is 29.2 Å². The second-order valence-electron chi connectivity index (χ2n) is 4.79. The monoisotopic (exact) mass is 289 g/mol. The first-order valence-corrected chi connectivity index (χ1v) is 7.14. The van der Waals surface area contributed by atoms with Crippen LogP contribution in [0.4, 0.5) is 5.82 Å². The van der Waals surface area contributed by atoms with Crippen molar-refractivity contribution in [3.8, 4) is 11.3 Å². The van der Waals surface area contributed by atoms with E-state index in [1.807, 2.05) is 36.4 Å². The molecule has 1 unspecified atom stereocenters. The summed E-state index contributed by atoms with van der Waals surface area (Å²) in [6, 6.07) is 11.8. The number of benzene rings is 1. The fourth-order valence-electron chi connectivity index (χ4n) is 2.29. The second-order valence-corrected chi connectivity index (χ2v) is 5.13. The van der Waals surface area contributed by atoms with E-state index in [0.29, 0.717) is 0 Å². The van der Waals surface area contributed by atoms with Crippen LogP contribution in [-0.2, 0) is 4.74 Å². The van der Waals surface area contributed by atoms with Gasteiger partial charge in [-0.05, 0) is 24.4 Å². The Labute approximate surface area is 123 Å². The Balaban J connectivity index is 1.76. The molecule has 3 rings (SSSR count). The predicted octanol–water partition coefficient (Wildman–Crippen LogP) is 3.39. The van der Waals surface area contributed by atoms with Crippen LogP contribution in [0.2, 0.25) is 5.28 Å². The van der Waals surface area contributed by atoms with Gasteiger partial charge in [0, 0.05) is 24.8 Å². The van der Waals surface area contributed by atoms with Crippen molar-refractivity contribution in [2.24, 2.45) is 0 Å². The van der Waals surface area contributed by atoms with Gasteiger partial charge in [0.1, 0.15) is 5.82 Å². The summed E-state index contributed by atoms with van der Waals surface area (Å²) in [6.07, 6.45) is 2.49. The molecule has 1 aliphatic rings.